The zero-order valence-electron chi connectivity index (χ0n) is 23.5. The van der Waals surface area contributed by atoms with Gasteiger partial charge in [-0.2, -0.15) is 0 Å². The third-order valence-corrected chi connectivity index (χ3v) is 11.4. The number of hydrogen-bond acceptors (Lipinski definition) is 6. The zero-order valence-corrected chi connectivity index (χ0v) is 24.4. The fraction of sp³-hybridized carbons (Fsp3) is 0.625. The van der Waals surface area contributed by atoms with Crippen LogP contribution in [0.5, 0.6) is 0 Å². The molecule has 2 aliphatic heterocycles. The smallest absolute Gasteiger partial charge is 0.178 e. The van der Waals surface area contributed by atoms with Crippen LogP contribution in [0.15, 0.2) is 59.5 Å². The van der Waals surface area contributed by atoms with E-state index in [0.29, 0.717) is 36.8 Å². The second kappa shape index (κ2) is 13.9. The number of rotatable bonds is 13. The Labute approximate surface area is 239 Å². The molecule has 2 aromatic rings. The van der Waals surface area contributed by atoms with Gasteiger partial charge in [-0.05, 0) is 86.4 Å². The fourth-order valence-electron chi connectivity index (χ4n) is 6.96. The molecule has 3 fully saturated rings. The van der Waals surface area contributed by atoms with Crippen LogP contribution >= 0.6 is 0 Å². The lowest BCUT2D eigenvalue weighted by atomic mass is 9.80. The highest BCUT2D eigenvalue weighted by atomic mass is 32.2. The molecule has 0 aromatic heterocycles. The zero-order chi connectivity index (χ0) is 28.0. The predicted octanol–water partition coefficient (Wildman–Crippen LogP) is 4.94. The van der Waals surface area contributed by atoms with Crippen LogP contribution in [-0.2, 0) is 14.6 Å². The van der Waals surface area contributed by atoms with E-state index in [1.54, 1.807) is 0 Å². The van der Waals surface area contributed by atoms with Crippen LogP contribution < -0.4 is 0 Å². The average molecular weight is 573 g/mol. The molecule has 2 aromatic carbocycles. The van der Waals surface area contributed by atoms with Crippen molar-refractivity contribution in [2.45, 2.75) is 61.8 Å². The van der Waals surface area contributed by atoms with E-state index in [0.717, 1.165) is 57.9 Å². The first kappa shape index (κ1) is 29.6. The molecule has 0 spiro atoms. The lowest BCUT2D eigenvalue weighted by Gasteiger charge is -2.35. The Morgan fingerprint density at radius 2 is 1.68 bits per heavy atom. The monoisotopic (exact) mass is 572 g/mol. The highest BCUT2D eigenvalue weighted by Crippen LogP contribution is 2.38. The first-order valence-corrected chi connectivity index (χ1v) is 16.7. The number of benzene rings is 2. The molecule has 0 bridgehead atoms. The van der Waals surface area contributed by atoms with Crippen molar-refractivity contribution >= 4 is 9.84 Å². The number of nitrogens with zero attached hydrogens (tertiary/aromatic N) is 2. The molecule has 40 heavy (non-hydrogen) atoms. The third kappa shape index (κ3) is 7.71. The average Bonchev–Trinajstić information content (AvgIpc) is 3.36. The molecule has 0 unspecified atom stereocenters. The second-order valence-corrected chi connectivity index (χ2v) is 14.3. The minimum absolute atomic E-state index is 0.120. The van der Waals surface area contributed by atoms with Crippen molar-refractivity contribution in [1.29, 1.82) is 0 Å². The Morgan fingerprint density at radius 1 is 0.950 bits per heavy atom. The van der Waals surface area contributed by atoms with E-state index in [-0.39, 0.29) is 17.4 Å². The van der Waals surface area contributed by atoms with Gasteiger partial charge in [0.05, 0.1) is 17.3 Å². The summed E-state index contributed by atoms with van der Waals surface area (Å²) in [7, 11) is -3.39. The molecule has 0 radical (unpaired) electrons. The Morgan fingerprint density at radius 3 is 2.33 bits per heavy atom. The maximum absolute atomic E-state index is 13.2. The lowest BCUT2D eigenvalue weighted by molar-refractivity contribution is -0.0330. The number of aliphatic hydroxyl groups excluding tert-OH is 1. The molecule has 2 heterocycles. The Balaban J connectivity index is 1.16. The van der Waals surface area contributed by atoms with Gasteiger partial charge in [0.2, 0.25) is 0 Å². The molecule has 220 valence electrons. The Bertz CT molecular complexity index is 1150. The van der Waals surface area contributed by atoms with Gasteiger partial charge in [-0.15, -0.1) is 0 Å². The van der Waals surface area contributed by atoms with Crippen LogP contribution in [0.3, 0.4) is 0 Å². The summed E-state index contributed by atoms with van der Waals surface area (Å²) in [6.07, 6.45) is 7.80. The molecule has 1 saturated carbocycles. The van der Waals surface area contributed by atoms with Crippen molar-refractivity contribution in [2.24, 2.45) is 17.8 Å². The molecular formula is C32H45FN2O4S. The van der Waals surface area contributed by atoms with Crippen molar-refractivity contribution in [3.63, 3.8) is 0 Å². The molecular weight excluding hydrogens is 527 g/mol. The molecule has 2 saturated heterocycles. The van der Waals surface area contributed by atoms with Crippen molar-refractivity contribution < 1.29 is 22.7 Å². The number of hydrogen-bond donors (Lipinski definition) is 1. The predicted molar refractivity (Wildman–Crippen MR) is 155 cm³/mol. The summed E-state index contributed by atoms with van der Waals surface area (Å²) in [6, 6.07) is 16.4. The summed E-state index contributed by atoms with van der Waals surface area (Å²) in [5.74, 6) is 1.88. The number of sulfone groups is 1. The van der Waals surface area contributed by atoms with Gasteiger partial charge in [0.1, 0.15) is 12.6 Å². The van der Waals surface area contributed by atoms with Crippen LogP contribution in [0.25, 0.3) is 0 Å². The standard InChI is InChI=1S/C32H45FN2O4S/c33-29-9-11-31(12-10-29)40(37,38)18-15-25-13-16-34(17-14-25)20-28-21-35(22-32(28)27-7-2-1-3-8-27)30(23-39-24-36)19-26-5-4-6-26/h1-3,7-12,25-26,28,30,32,36H,4-6,13-24H2/t28-,30+,32+/m0/s1. The second-order valence-electron chi connectivity index (χ2n) is 12.2. The highest BCUT2D eigenvalue weighted by Gasteiger charge is 2.39. The fourth-order valence-corrected chi connectivity index (χ4v) is 8.39. The van der Waals surface area contributed by atoms with Crippen LogP contribution in [0.1, 0.15) is 56.4 Å². The van der Waals surface area contributed by atoms with E-state index in [1.807, 2.05) is 0 Å². The SMILES string of the molecule is O=S(=O)(CCC1CCN(C[C@H]2CN([C@@H](COCO)CC3CCC3)C[C@@H]2c2ccccc2)CC1)c1ccc(F)cc1. The summed E-state index contributed by atoms with van der Waals surface area (Å²) in [5.41, 5.74) is 1.40. The molecule has 5 rings (SSSR count). The van der Waals surface area contributed by atoms with Crippen molar-refractivity contribution in [3.05, 3.63) is 66.0 Å². The molecule has 0 amide bonds. The van der Waals surface area contributed by atoms with Gasteiger partial charge in [-0.1, -0.05) is 49.6 Å². The van der Waals surface area contributed by atoms with Gasteiger partial charge in [0.15, 0.2) is 9.84 Å². The molecule has 1 aliphatic carbocycles. The summed E-state index contributed by atoms with van der Waals surface area (Å²) in [6.45, 7) is 5.48. The minimum Gasteiger partial charge on any atom is -0.371 e. The summed E-state index contributed by atoms with van der Waals surface area (Å²) in [5, 5.41) is 9.34. The largest absolute Gasteiger partial charge is 0.371 e. The Hall–Kier alpha value is -1.84. The van der Waals surface area contributed by atoms with Crippen molar-refractivity contribution in [2.75, 3.05) is 51.9 Å². The summed E-state index contributed by atoms with van der Waals surface area (Å²) in [4.78, 5) is 5.42. The number of halogens is 1. The maximum atomic E-state index is 13.2. The number of piperidine rings is 1. The molecule has 8 heteroatoms. The van der Waals surface area contributed by atoms with E-state index in [9.17, 15) is 17.9 Å². The van der Waals surface area contributed by atoms with Gasteiger partial charge < -0.3 is 14.7 Å². The number of aliphatic hydroxyl groups is 1. The van der Waals surface area contributed by atoms with E-state index >= 15 is 0 Å². The van der Waals surface area contributed by atoms with Gasteiger partial charge in [0.25, 0.3) is 0 Å². The van der Waals surface area contributed by atoms with E-state index in [4.69, 9.17) is 4.74 Å². The number of ether oxygens (including phenoxy) is 1. The molecule has 3 aliphatic rings. The van der Waals surface area contributed by atoms with Gasteiger partial charge in [0, 0.05) is 31.6 Å². The van der Waals surface area contributed by atoms with E-state index < -0.39 is 15.7 Å². The van der Waals surface area contributed by atoms with Gasteiger partial charge in [-0.25, -0.2) is 12.8 Å². The van der Waals surface area contributed by atoms with Gasteiger partial charge >= 0.3 is 0 Å². The lowest BCUT2D eigenvalue weighted by Crippen LogP contribution is -2.41. The van der Waals surface area contributed by atoms with Crippen LogP contribution in [0, 0.1) is 23.6 Å². The van der Waals surface area contributed by atoms with E-state index in [2.05, 4.69) is 40.1 Å². The molecule has 3 atom stereocenters. The van der Waals surface area contributed by atoms with Crippen LogP contribution in [0.4, 0.5) is 4.39 Å². The first-order valence-electron chi connectivity index (χ1n) is 15.1. The number of likely N-dealkylation sites (tertiary alicyclic amines) is 2. The Kier molecular flexibility index (Phi) is 10.3. The quantitative estimate of drug-likeness (QED) is 0.271. The molecule has 1 N–H and O–H groups in total. The van der Waals surface area contributed by atoms with Crippen LogP contribution in [0.2, 0.25) is 0 Å². The normalized spacial score (nSPS) is 24.2. The van der Waals surface area contributed by atoms with Crippen LogP contribution in [-0.4, -0.2) is 81.2 Å². The van der Waals surface area contributed by atoms with Crippen molar-refractivity contribution in [1.82, 2.24) is 9.80 Å². The highest BCUT2D eigenvalue weighted by molar-refractivity contribution is 7.91. The minimum atomic E-state index is -3.39. The van der Waals surface area contributed by atoms with E-state index in [1.165, 1.54) is 49.1 Å². The summed E-state index contributed by atoms with van der Waals surface area (Å²) >= 11 is 0. The maximum Gasteiger partial charge on any atom is 0.178 e. The first-order chi connectivity index (χ1) is 19.4. The van der Waals surface area contributed by atoms with Gasteiger partial charge in [-0.3, -0.25) is 4.90 Å². The summed E-state index contributed by atoms with van der Waals surface area (Å²) < 4.78 is 44.2. The molecule has 6 nitrogen and oxygen atoms in total. The topological polar surface area (TPSA) is 70.1 Å². The van der Waals surface area contributed by atoms with Crippen molar-refractivity contribution in [3.8, 4) is 0 Å². The third-order valence-electron chi connectivity index (χ3n) is 9.61.